The number of amides is 1. The number of aromatic nitrogens is 1. The number of carbonyl (C=O) groups excluding carboxylic acids is 1. The lowest BCUT2D eigenvalue weighted by molar-refractivity contribution is -0.0321. The van der Waals surface area contributed by atoms with Crippen LogP contribution in [0.3, 0.4) is 0 Å². The van der Waals surface area contributed by atoms with Gasteiger partial charge in [0.1, 0.15) is 11.5 Å². The van der Waals surface area contributed by atoms with Crippen molar-refractivity contribution in [3.8, 4) is 0 Å². The lowest BCUT2D eigenvalue weighted by Gasteiger charge is -2.61. The number of nitrogens with zero attached hydrogens (tertiary/aromatic N) is 1. The smallest absolute Gasteiger partial charge is 0.270 e. The second-order valence-corrected chi connectivity index (χ2v) is 7.42. The predicted octanol–water partition coefficient (Wildman–Crippen LogP) is 2.00. The highest BCUT2D eigenvalue weighted by atomic mass is 19.1. The van der Waals surface area contributed by atoms with Gasteiger partial charge >= 0.3 is 0 Å². The quantitative estimate of drug-likeness (QED) is 0.875. The minimum atomic E-state index is -0.434. The third-order valence-corrected chi connectivity index (χ3v) is 5.44. The highest BCUT2D eigenvalue weighted by Gasteiger charge is 2.56. The number of nitrogens with one attached hydrogen (secondary N) is 1. The van der Waals surface area contributed by atoms with Crippen LogP contribution in [-0.2, 0) is 0 Å². The van der Waals surface area contributed by atoms with E-state index in [1.165, 1.54) is 24.8 Å². The van der Waals surface area contributed by atoms with Crippen molar-refractivity contribution >= 4 is 5.91 Å². The molecule has 0 radical (unpaired) electrons. The zero-order chi connectivity index (χ0) is 14.7. The second kappa shape index (κ2) is 4.26. The van der Waals surface area contributed by atoms with E-state index in [-0.39, 0.29) is 22.7 Å². The van der Waals surface area contributed by atoms with Crippen LogP contribution in [-0.4, -0.2) is 22.0 Å². The van der Waals surface area contributed by atoms with Crippen LogP contribution in [0, 0.1) is 17.7 Å². The van der Waals surface area contributed by atoms with Crippen LogP contribution in [0.15, 0.2) is 18.3 Å². The molecule has 112 valence electrons. The number of pyridine rings is 1. The van der Waals surface area contributed by atoms with Crippen molar-refractivity contribution in [2.75, 3.05) is 0 Å². The van der Waals surface area contributed by atoms with E-state index in [4.69, 9.17) is 5.73 Å². The first-order valence-corrected chi connectivity index (χ1v) is 7.68. The maximum Gasteiger partial charge on any atom is 0.270 e. The summed E-state index contributed by atoms with van der Waals surface area (Å²) in [7, 11) is 0. The molecule has 0 spiro atoms. The first-order chi connectivity index (χ1) is 9.95. The van der Waals surface area contributed by atoms with E-state index in [0.29, 0.717) is 11.8 Å². The van der Waals surface area contributed by atoms with Gasteiger partial charge in [-0.3, -0.25) is 9.78 Å². The Labute approximate surface area is 123 Å². The molecule has 2 unspecified atom stereocenters. The fourth-order valence-corrected chi connectivity index (χ4v) is 5.31. The van der Waals surface area contributed by atoms with Crippen molar-refractivity contribution in [1.29, 1.82) is 0 Å². The second-order valence-electron chi connectivity index (χ2n) is 7.42. The van der Waals surface area contributed by atoms with Crippen molar-refractivity contribution in [2.45, 2.75) is 49.6 Å². The number of halogens is 1. The molecule has 3 N–H and O–H groups in total. The Hall–Kier alpha value is -1.49. The van der Waals surface area contributed by atoms with Crippen LogP contribution in [0.1, 0.15) is 49.0 Å². The standard InChI is InChI=1S/C16H20FN3O/c17-12-1-2-19-13(4-12)14(21)20-16-7-10-3-11(8-16)6-15(18,5-10)9-16/h1-2,4,10-11H,3,5-9,18H2,(H,20,21). The maximum atomic E-state index is 13.2. The summed E-state index contributed by atoms with van der Waals surface area (Å²) in [6.07, 6.45) is 7.59. The van der Waals surface area contributed by atoms with Crippen LogP contribution >= 0.6 is 0 Å². The topological polar surface area (TPSA) is 68.0 Å². The minimum absolute atomic E-state index is 0.118. The Morgan fingerprint density at radius 2 is 2.05 bits per heavy atom. The summed E-state index contributed by atoms with van der Waals surface area (Å²) in [6, 6.07) is 2.43. The number of nitrogens with two attached hydrogens (primary N) is 1. The molecule has 4 aliphatic rings. The molecule has 5 rings (SSSR count). The Morgan fingerprint density at radius 3 is 2.67 bits per heavy atom. The normalized spacial score (nSPS) is 40.3. The molecule has 1 heterocycles. The van der Waals surface area contributed by atoms with Gasteiger partial charge in [-0.15, -0.1) is 0 Å². The molecular formula is C16H20FN3O. The summed E-state index contributed by atoms with van der Waals surface area (Å²) in [6.45, 7) is 0. The summed E-state index contributed by atoms with van der Waals surface area (Å²) in [4.78, 5) is 16.4. The van der Waals surface area contributed by atoms with Gasteiger partial charge in [0.2, 0.25) is 0 Å². The Balaban J connectivity index is 1.58. The Morgan fingerprint density at radius 1 is 1.33 bits per heavy atom. The molecule has 4 nitrogen and oxygen atoms in total. The maximum absolute atomic E-state index is 13.2. The van der Waals surface area contributed by atoms with Gasteiger partial charge in [-0.2, -0.15) is 0 Å². The molecule has 4 fully saturated rings. The lowest BCUT2D eigenvalue weighted by atomic mass is 9.50. The van der Waals surface area contributed by atoms with Crippen molar-refractivity contribution in [1.82, 2.24) is 10.3 Å². The van der Waals surface area contributed by atoms with Gasteiger partial charge in [0, 0.05) is 23.3 Å². The average Bonchev–Trinajstić information content (AvgIpc) is 2.34. The molecule has 0 aliphatic heterocycles. The molecule has 1 aromatic heterocycles. The van der Waals surface area contributed by atoms with Gasteiger partial charge < -0.3 is 11.1 Å². The van der Waals surface area contributed by atoms with Crippen LogP contribution in [0.2, 0.25) is 0 Å². The van der Waals surface area contributed by atoms with Crippen LogP contribution in [0.5, 0.6) is 0 Å². The molecule has 2 atom stereocenters. The van der Waals surface area contributed by atoms with Crippen molar-refractivity contribution < 1.29 is 9.18 Å². The summed E-state index contributed by atoms with van der Waals surface area (Å²) >= 11 is 0. The van der Waals surface area contributed by atoms with Gasteiger partial charge in [-0.05, 0) is 56.4 Å². The van der Waals surface area contributed by atoms with Gasteiger partial charge in [-0.1, -0.05) is 0 Å². The third-order valence-electron chi connectivity index (χ3n) is 5.44. The molecular weight excluding hydrogens is 269 g/mol. The number of carbonyl (C=O) groups is 1. The van der Waals surface area contributed by atoms with Gasteiger partial charge in [0.05, 0.1) is 0 Å². The molecule has 4 saturated carbocycles. The number of hydrogen-bond donors (Lipinski definition) is 2. The zero-order valence-corrected chi connectivity index (χ0v) is 11.9. The average molecular weight is 289 g/mol. The summed E-state index contributed by atoms with van der Waals surface area (Å²) < 4.78 is 13.2. The van der Waals surface area contributed by atoms with Crippen molar-refractivity contribution in [3.63, 3.8) is 0 Å². The van der Waals surface area contributed by atoms with Crippen molar-refractivity contribution in [2.24, 2.45) is 17.6 Å². The summed E-state index contributed by atoms with van der Waals surface area (Å²) in [5, 5.41) is 3.15. The fourth-order valence-electron chi connectivity index (χ4n) is 5.31. The van der Waals surface area contributed by atoms with Gasteiger partial charge in [0.15, 0.2) is 0 Å². The lowest BCUT2D eigenvalue weighted by Crippen LogP contribution is -2.68. The highest BCUT2D eigenvalue weighted by molar-refractivity contribution is 5.92. The van der Waals surface area contributed by atoms with E-state index in [0.717, 1.165) is 32.1 Å². The SMILES string of the molecule is NC12CC3CC(C1)CC(NC(=O)c1cc(F)ccn1)(C3)C2. The van der Waals surface area contributed by atoms with E-state index in [2.05, 4.69) is 10.3 Å². The van der Waals surface area contributed by atoms with E-state index in [1.807, 2.05) is 0 Å². The van der Waals surface area contributed by atoms with E-state index in [9.17, 15) is 9.18 Å². The zero-order valence-electron chi connectivity index (χ0n) is 11.9. The van der Waals surface area contributed by atoms with E-state index < -0.39 is 5.82 Å². The molecule has 4 bridgehead atoms. The first-order valence-electron chi connectivity index (χ1n) is 7.68. The predicted molar refractivity (Wildman–Crippen MR) is 76.0 cm³/mol. The van der Waals surface area contributed by atoms with Gasteiger partial charge in [-0.25, -0.2) is 4.39 Å². The molecule has 0 saturated heterocycles. The van der Waals surface area contributed by atoms with E-state index in [1.54, 1.807) is 0 Å². The van der Waals surface area contributed by atoms with Gasteiger partial charge in [0.25, 0.3) is 5.91 Å². The summed E-state index contributed by atoms with van der Waals surface area (Å²) in [5.74, 6) is 0.532. The Kier molecular flexibility index (Phi) is 2.67. The van der Waals surface area contributed by atoms with Crippen LogP contribution < -0.4 is 11.1 Å². The molecule has 1 aromatic rings. The number of rotatable bonds is 2. The van der Waals surface area contributed by atoms with Crippen molar-refractivity contribution in [3.05, 3.63) is 29.8 Å². The largest absolute Gasteiger partial charge is 0.345 e. The Bertz CT molecular complexity index is 589. The van der Waals surface area contributed by atoms with Crippen LogP contribution in [0.25, 0.3) is 0 Å². The molecule has 1 amide bonds. The first kappa shape index (κ1) is 13.2. The fraction of sp³-hybridized carbons (Fsp3) is 0.625. The number of hydrogen-bond acceptors (Lipinski definition) is 3. The van der Waals surface area contributed by atoms with Crippen LogP contribution in [0.4, 0.5) is 4.39 Å². The molecule has 4 aliphatic carbocycles. The minimum Gasteiger partial charge on any atom is -0.345 e. The third kappa shape index (κ3) is 2.24. The molecule has 5 heteroatoms. The molecule has 21 heavy (non-hydrogen) atoms. The molecule has 0 aromatic carbocycles. The highest BCUT2D eigenvalue weighted by Crippen LogP contribution is 2.56. The monoisotopic (exact) mass is 289 g/mol. The van der Waals surface area contributed by atoms with E-state index >= 15 is 0 Å². The summed E-state index contributed by atoms with van der Waals surface area (Å²) in [5.41, 5.74) is 6.34.